The van der Waals surface area contributed by atoms with Gasteiger partial charge in [-0.2, -0.15) is 0 Å². The highest BCUT2D eigenvalue weighted by atomic mass is 16.5. The highest BCUT2D eigenvalue weighted by Crippen LogP contribution is 2.27. The first-order chi connectivity index (χ1) is 13.2. The van der Waals surface area contributed by atoms with Crippen LogP contribution in [0.15, 0.2) is 30.3 Å². The van der Waals surface area contributed by atoms with E-state index in [1.54, 1.807) is 45.2 Å². The Morgan fingerprint density at radius 2 is 1.93 bits per heavy atom. The number of aryl methyl sites for hydroxylation is 2. The van der Waals surface area contributed by atoms with Crippen LogP contribution in [0.1, 0.15) is 47.7 Å². The molecule has 0 spiro atoms. The second-order valence-electron chi connectivity index (χ2n) is 7.23. The number of ketones is 1. The van der Waals surface area contributed by atoms with E-state index in [4.69, 9.17) is 10.5 Å². The first kappa shape index (κ1) is 19.7. The number of aliphatic hydroxyl groups is 1. The summed E-state index contributed by atoms with van der Waals surface area (Å²) in [5, 5.41) is 10.8. The fourth-order valence-corrected chi connectivity index (χ4v) is 3.04. The van der Waals surface area contributed by atoms with Crippen LogP contribution in [0.2, 0.25) is 0 Å². The van der Waals surface area contributed by atoms with Crippen LogP contribution in [-0.2, 0) is 12.0 Å². The van der Waals surface area contributed by atoms with Crippen LogP contribution in [0.5, 0.6) is 5.75 Å². The molecule has 0 saturated heterocycles. The molecule has 1 aromatic carbocycles. The molecule has 0 saturated carbocycles. The van der Waals surface area contributed by atoms with Gasteiger partial charge in [-0.3, -0.25) is 9.78 Å². The third-order valence-corrected chi connectivity index (χ3v) is 4.61. The van der Waals surface area contributed by atoms with Crippen LogP contribution in [0.4, 0.5) is 5.95 Å². The molecule has 0 atom stereocenters. The van der Waals surface area contributed by atoms with Crippen molar-refractivity contribution in [2.45, 2.75) is 39.2 Å². The number of methoxy groups -OCH3 is 1. The van der Waals surface area contributed by atoms with Crippen molar-refractivity contribution in [3.63, 3.8) is 0 Å². The maximum Gasteiger partial charge on any atom is 0.221 e. The molecule has 0 amide bonds. The molecule has 28 heavy (non-hydrogen) atoms. The summed E-state index contributed by atoms with van der Waals surface area (Å²) in [4.78, 5) is 25.8. The quantitative estimate of drug-likeness (QED) is 0.632. The number of hydrogen-bond acceptors (Lipinski definition) is 7. The molecule has 0 bridgehead atoms. The lowest BCUT2D eigenvalue weighted by molar-refractivity contribution is 0.0736. The Labute approximate surface area is 163 Å². The van der Waals surface area contributed by atoms with E-state index in [-0.39, 0.29) is 23.8 Å². The van der Waals surface area contributed by atoms with Crippen LogP contribution in [0, 0.1) is 6.92 Å². The van der Waals surface area contributed by atoms with Crippen LogP contribution in [0.25, 0.3) is 10.9 Å². The SMILES string of the molecule is COc1cccc2c(C(=O)CCc3nc(C(C)(C)O)ccc3C)nc(N)nc12. The van der Waals surface area contributed by atoms with Gasteiger partial charge in [-0.25, -0.2) is 9.97 Å². The van der Waals surface area contributed by atoms with E-state index in [9.17, 15) is 9.90 Å². The topological polar surface area (TPSA) is 111 Å². The van der Waals surface area contributed by atoms with Crippen molar-refractivity contribution in [1.82, 2.24) is 15.0 Å². The monoisotopic (exact) mass is 380 g/mol. The lowest BCUT2D eigenvalue weighted by Crippen LogP contribution is -2.19. The molecule has 0 fully saturated rings. The molecule has 3 rings (SSSR count). The standard InChI is InChI=1S/C21H24N4O3/c1-12-8-11-17(21(2,3)27)23-14(12)9-10-15(26)18-13-6-5-7-16(28-4)19(13)25-20(22)24-18/h5-8,11,27H,9-10H2,1-4H3,(H2,22,24,25). The number of carbonyl (C=O) groups is 1. The summed E-state index contributed by atoms with van der Waals surface area (Å²) in [5.41, 5.74) is 7.88. The Balaban J connectivity index is 1.91. The molecule has 0 aliphatic carbocycles. The van der Waals surface area contributed by atoms with E-state index in [0.29, 0.717) is 28.8 Å². The number of aromatic nitrogens is 3. The van der Waals surface area contributed by atoms with Crippen molar-refractivity contribution >= 4 is 22.6 Å². The van der Waals surface area contributed by atoms with Crippen molar-refractivity contribution in [3.8, 4) is 5.75 Å². The van der Waals surface area contributed by atoms with Crippen LogP contribution >= 0.6 is 0 Å². The molecule has 0 unspecified atom stereocenters. The lowest BCUT2D eigenvalue weighted by Gasteiger charge is -2.18. The zero-order chi connectivity index (χ0) is 20.5. The van der Waals surface area contributed by atoms with Gasteiger partial charge < -0.3 is 15.6 Å². The fraction of sp³-hybridized carbons (Fsp3) is 0.333. The number of fused-ring (bicyclic) bond motifs is 1. The Bertz CT molecular complexity index is 1040. The Morgan fingerprint density at radius 1 is 1.18 bits per heavy atom. The Hall–Kier alpha value is -3.06. The Morgan fingerprint density at radius 3 is 2.61 bits per heavy atom. The number of carbonyl (C=O) groups excluding carboxylic acids is 1. The molecule has 2 aromatic heterocycles. The van der Waals surface area contributed by atoms with Gasteiger partial charge in [-0.15, -0.1) is 0 Å². The number of hydrogen-bond donors (Lipinski definition) is 2. The second kappa shape index (κ2) is 7.52. The average Bonchev–Trinajstić information content (AvgIpc) is 2.65. The number of Topliss-reactive ketones (excluding diaryl/α,β-unsaturated/α-hetero) is 1. The molecular formula is C21H24N4O3. The van der Waals surface area contributed by atoms with Gasteiger partial charge in [0.25, 0.3) is 0 Å². The van der Waals surface area contributed by atoms with E-state index in [1.807, 2.05) is 13.0 Å². The van der Waals surface area contributed by atoms with Crippen LogP contribution < -0.4 is 10.5 Å². The number of ether oxygens (including phenoxy) is 1. The van der Waals surface area contributed by atoms with E-state index < -0.39 is 5.60 Å². The summed E-state index contributed by atoms with van der Waals surface area (Å²) in [5.74, 6) is 0.414. The number of nitrogens with two attached hydrogens (primary N) is 1. The zero-order valence-electron chi connectivity index (χ0n) is 16.5. The third kappa shape index (κ3) is 3.94. The number of pyridine rings is 1. The fourth-order valence-electron chi connectivity index (χ4n) is 3.04. The highest BCUT2D eigenvalue weighted by molar-refractivity contribution is 6.07. The molecule has 146 valence electrons. The molecule has 2 heterocycles. The first-order valence-corrected chi connectivity index (χ1v) is 9.03. The second-order valence-corrected chi connectivity index (χ2v) is 7.23. The first-order valence-electron chi connectivity index (χ1n) is 9.03. The van der Waals surface area contributed by atoms with Crippen LogP contribution in [-0.4, -0.2) is 33.0 Å². The average molecular weight is 380 g/mol. The molecule has 3 aromatic rings. The maximum atomic E-state index is 12.9. The third-order valence-electron chi connectivity index (χ3n) is 4.61. The lowest BCUT2D eigenvalue weighted by atomic mass is 10.0. The smallest absolute Gasteiger partial charge is 0.221 e. The van der Waals surface area contributed by atoms with Gasteiger partial charge in [-0.1, -0.05) is 18.2 Å². The maximum absolute atomic E-state index is 12.9. The van der Waals surface area contributed by atoms with Crippen molar-refractivity contribution in [2.75, 3.05) is 12.8 Å². The number of para-hydroxylation sites is 1. The summed E-state index contributed by atoms with van der Waals surface area (Å²) in [7, 11) is 1.54. The van der Waals surface area contributed by atoms with E-state index in [1.165, 1.54) is 0 Å². The van der Waals surface area contributed by atoms with Crippen molar-refractivity contribution in [2.24, 2.45) is 0 Å². The number of rotatable bonds is 6. The van der Waals surface area contributed by atoms with Crippen molar-refractivity contribution in [3.05, 3.63) is 53.0 Å². The minimum Gasteiger partial charge on any atom is -0.494 e. The van der Waals surface area contributed by atoms with Crippen molar-refractivity contribution < 1.29 is 14.6 Å². The number of nitrogens with zero attached hydrogens (tertiary/aromatic N) is 3. The number of nitrogen functional groups attached to an aromatic ring is 1. The zero-order valence-corrected chi connectivity index (χ0v) is 16.5. The van der Waals surface area contributed by atoms with Crippen molar-refractivity contribution in [1.29, 1.82) is 0 Å². The van der Waals surface area contributed by atoms with Gasteiger partial charge in [0, 0.05) is 17.5 Å². The normalized spacial score (nSPS) is 11.6. The van der Waals surface area contributed by atoms with Gasteiger partial charge in [0.05, 0.1) is 12.8 Å². The minimum atomic E-state index is -1.04. The largest absolute Gasteiger partial charge is 0.494 e. The molecule has 7 nitrogen and oxygen atoms in total. The molecule has 3 N–H and O–H groups in total. The molecular weight excluding hydrogens is 356 g/mol. The van der Waals surface area contributed by atoms with Gasteiger partial charge in [0.1, 0.15) is 22.6 Å². The van der Waals surface area contributed by atoms with Gasteiger partial charge in [-0.05, 0) is 44.9 Å². The summed E-state index contributed by atoms with van der Waals surface area (Å²) in [6.45, 7) is 5.30. The number of anilines is 1. The van der Waals surface area contributed by atoms with Gasteiger partial charge in [0.2, 0.25) is 5.95 Å². The van der Waals surface area contributed by atoms with Crippen LogP contribution in [0.3, 0.4) is 0 Å². The minimum absolute atomic E-state index is 0.0266. The molecule has 0 aliphatic rings. The predicted molar refractivity (Wildman–Crippen MR) is 107 cm³/mol. The molecule has 0 aliphatic heterocycles. The van der Waals surface area contributed by atoms with E-state index in [0.717, 1.165) is 11.3 Å². The van der Waals surface area contributed by atoms with Gasteiger partial charge >= 0.3 is 0 Å². The predicted octanol–water partition coefficient (Wildman–Crippen LogP) is 2.97. The number of benzene rings is 1. The Kier molecular flexibility index (Phi) is 5.29. The van der Waals surface area contributed by atoms with E-state index >= 15 is 0 Å². The summed E-state index contributed by atoms with van der Waals surface area (Å²) >= 11 is 0. The van der Waals surface area contributed by atoms with Gasteiger partial charge in [0.15, 0.2) is 5.78 Å². The summed E-state index contributed by atoms with van der Waals surface area (Å²) < 4.78 is 5.32. The molecule has 0 radical (unpaired) electrons. The summed E-state index contributed by atoms with van der Waals surface area (Å²) in [6.07, 6.45) is 0.649. The summed E-state index contributed by atoms with van der Waals surface area (Å²) in [6, 6.07) is 9.03. The van der Waals surface area contributed by atoms with E-state index in [2.05, 4.69) is 15.0 Å². The highest BCUT2D eigenvalue weighted by Gasteiger charge is 2.20. The molecule has 7 heteroatoms.